The van der Waals surface area contributed by atoms with Crippen molar-refractivity contribution in [2.45, 2.75) is 38.8 Å². The second kappa shape index (κ2) is 5.47. The Bertz CT molecular complexity index is 446. The molecule has 0 spiro atoms. The number of anilines is 1. The molecular weight excluding hydrogens is 243 g/mol. The van der Waals surface area contributed by atoms with E-state index in [0.717, 1.165) is 24.2 Å². The van der Waals surface area contributed by atoms with Crippen LogP contribution in [-0.2, 0) is 6.42 Å². The van der Waals surface area contributed by atoms with Gasteiger partial charge in [0.15, 0.2) is 0 Å². The van der Waals surface area contributed by atoms with Crippen molar-refractivity contribution in [3.05, 3.63) is 29.6 Å². The smallest absolute Gasteiger partial charge is 0.125 e. The highest BCUT2D eigenvalue weighted by Crippen LogP contribution is 2.29. The molecule has 0 bridgehead atoms. The third-order valence-electron chi connectivity index (χ3n) is 3.46. The van der Waals surface area contributed by atoms with Crippen molar-refractivity contribution in [1.82, 2.24) is 5.32 Å². The van der Waals surface area contributed by atoms with Gasteiger partial charge in [-0.1, -0.05) is 19.9 Å². The molecule has 2 rings (SSSR count). The second-order valence-corrected chi connectivity index (χ2v) is 5.98. The van der Waals surface area contributed by atoms with Crippen molar-refractivity contribution in [2.75, 3.05) is 24.5 Å². The lowest BCUT2D eigenvalue weighted by molar-refractivity contribution is 0.0649. The highest BCUT2D eigenvalue weighted by atomic mass is 19.1. The van der Waals surface area contributed by atoms with Crippen LogP contribution >= 0.6 is 0 Å². The highest BCUT2D eigenvalue weighted by Gasteiger charge is 2.28. The topological polar surface area (TPSA) is 35.5 Å². The molecule has 1 aromatic carbocycles. The first-order valence-corrected chi connectivity index (χ1v) is 6.86. The van der Waals surface area contributed by atoms with E-state index < -0.39 is 5.60 Å². The predicted molar refractivity (Wildman–Crippen MR) is 76.1 cm³/mol. The molecule has 106 valence electrons. The van der Waals surface area contributed by atoms with Crippen molar-refractivity contribution in [2.24, 2.45) is 0 Å². The zero-order chi connectivity index (χ0) is 14.0. The number of β-amino-alcohol motifs (C(OH)–C–C–N with tert-alkyl or cyclic N) is 1. The maximum absolute atomic E-state index is 13.3. The molecule has 0 radical (unpaired) electrons. The Morgan fingerprint density at radius 3 is 2.89 bits per heavy atom. The zero-order valence-electron chi connectivity index (χ0n) is 11.9. The molecule has 1 heterocycles. The number of nitrogens with one attached hydrogen (secondary N) is 1. The number of benzene rings is 1. The van der Waals surface area contributed by atoms with Gasteiger partial charge in [-0.05, 0) is 31.0 Å². The molecule has 0 fully saturated rings. The first-order chi connectivity index (χ1) is 8.87. The average molecular weight is 266 g/mol. The summed E-state index contributed by atoms with van der Waals surface area (Å²) in [5.74, 6) is -0.217. The summed E-state index contributed by atoms with van der Waals surface area (Å²) in [7, 11) is 0. The summed E-state index contributed by atoms with van der Waals surface area (Å²) in [6.07, 6.45) is 0.920. The van der Waals surface area contributed by atoms with Crippen LogP contribution in [0.2, 0.25) is 0 Å². The molecule has 1 aliphatic heterocycles. The van der Waals surface area contributed by atoms with Gasteiger partial charge in [0.05, 0.1) is 5.60 Å². The summed E-state index contributed by atoms with van der Waals surface area (Å²) in [5, 5.41) is 13.7. The van der Waals surface area contributed by atoms with Gasteiger partial charge in [0.25, 0.3) is 0 Å². The van der Waals surface area contributed by atoms with Crippen LogP contribution in [0.5, 0.6) is 0 Å². The van der Waals surface area contributed by atoms with Crippen LogP contribution in [-0.4, -0.2) is 36.4 Å². The fourth-order valence-electron chi connectivity index (χ4n) is 2.47. The maximum Gasteiger partial charge on any atom is 0.125 e. The number of hydrogen-bond donors (Lipinski definition) is 2. The normalized spacial score (nSPS) is 17.7. The molecule has 2 N–H and O–H groups in total. The van der Waals surface area contributed by atoms with E-state index in [-0.39, 0.29) is 5.82 Å². The van der Waals surface area contributed by atoms with Gasteiger partial charge in [-0.15, -0.1) is 0 Å². The van der Waals surface area contributed by atoms with Gasteiger partial charge in [-0.2, -0.15) is 0 Å². The van der Waals surface area contributed by atoms with Crippen LogP contribution in [0.3, 0.4) is 0 Å². The Morgan fingerprint density at radius 2 is 2.21 bits per heavy atom. The summed E-state index contributed by atoms with van der Waals surface area (Å²) in [6.45, 7) is 7.82. The van der Waals surface area contributed by atoms with Crippen molar-refractivity contribution >= 4 is 5.69 Å². The Balaban J connectivity index is 2.03. The standard InChI is InChI=1S/C15H23FN2O/c1-11(2)17-9-15(3,19)10-18-7-6-12-4-5-13(16)8-14(12)18/h4-5,8,11,17,19H,6-7,9-10H2,1-3H3. The summed E-state index contributed by atoms with van der Waals surface area (Å²) in [6, 6.07) is 5.25. The van der Waals surface area contributed by atoms with Gasteiger partial charge in [0.1, 0.15) is 5.82 Å². The van der Waals surface area contributed by atoms with Gasteiger partial charge in [0, 0.05) is 31.4 Å². The Kier molecular flexibility index (Phi) is 4.11. The monoisotopic (exact) mass is 266 g/mol. The van der Waals surface area contributed by atoms with Crippen LogP contribution in [0.4, 0.5) is 10.1 Å². The molecule has 3 nitrogen and oxygen atoms in total. The molecule has 0 aromatic heterocycles. The lowest BCUT2D eigenvalue weighted by atomic mass is 10.1. The van der Waals surface area contributed by atoms with Crippen molar-refractivity contribution in [1.29, 1.82) is 0 Å². The van der Waals surface area contributed by atoms with E-state index in [1.165, 1.54) is 6.07 Å². The third-order valence-corrected chi connectivity index (χ3v) is 3.46. The number of hydrogen-bond acceptors (Lipinski definition) is 3. The SMILES string of the molecule is CC(C)NCC(C)(O)CN1CCc2ccc(F)cc21. The number of nitrogens with zero attached hydrogens (tertiary/aromatic N) is 1. The van der Waals surface area contributed by atoms with E-state index >= 15 is 0 Å². The van der Waals surface area contributed by atoms with Crippen molar-refractivity contribution in [3.63, 3.8) is 0 Å². The van der Waals surface area contributed by atoms with Crippen LogP contribution in [0.15, 0.2) is 18.2 Å². The van der Waals surface area contributed by atoms with E-state index in [4.69, 9.17) is 0 Å². The number of aliphatic hydroxyl groups is 1. The summed E-state index contributed by atoms with van der Waals surface area (Å²) in [4.78, 5) is 2.07. The molecule has 1 aromatic rings. The quantitative estimate of drug-likeness (QED) is 0.855. The molecule has 0 aliphatic carbocycles. The Morgan fingerprint density at radius 1 is 1.47 bits per heavy atom. The largest absolute Gasteiger partial charge is 0.387 e. The molecule has 1 aliphatic rings. The average Bonchev–Trinajstić information content (AvgIpc) is 2.69. The molecule has 1 atom stereocenters. The summed E-state index contributed by atoms with van der Waals surface area (Å²) < 4.78 is 13.3. The van der Waals surface area contributed by atoms with Gasteiger partial charge in [0.2, 0.25) is 0 Å². The van der Waals surface area contributed by atoms with Crippen LogP contribution < -0.4 is 10.2 Å². The van der Waals surface area contributed by atoms with Crippen LogP contribution in [0.25, 0.3) is 0 Å². The van der Waals surface area contributed by atoms with E-state index in [0.29, 0.717) is 19.1 Å². The molecular formula is C15H23FN2O. The molecule has 1 unspecified atom stereocenters. The zero-order valence-corrected chi connectivity index (χ0v) is 11.9. The fourth-order valence-corrected chi connectivity index (χ4v) is 2.47. The molecule has 0 saturated carbocycles. The van der Waals surface area contributed by atoms with Gasteiger partial charge in [-0.3, -0.25) is 0 Å². The van der Waals surface area contributed by atoms with Crippen LogP contribution in [0, 0.1) is 5.82 Å². The molecule has 19 heavy (non-hydrogen) atoms. The minimum absolute atomic E-state index is 0.217. The second-order valence-electron chi connectivity index (χ2n) is 5.98. The van der Waals surface area contributed by atoms with Gasteiger partial charge >= 0.3 is 0 Å². The molecule has 0 amide bonds. The third kappa shape index (κ3) is 3.67. The van der Waals surface area contributed by atoms with E-state index in [1.54, 1.807) is 6.07 Å². The lowest BCUT2D eigenvalue weighted by Gasteiger charge is -2.31. The van der Waals surface area contributed by atoms with Crippen molar-refractivity contribution in [3.8, 4) is 0 Å². The van der Waals surface area contributed by atoms with E-state index in [9.17, 15) is 9.50 Å². The Labute approximate surface area is 114 Å². The van der Waals surface area contributed by atoms with Gasteiger partial charge in [-0.25, -0.2) is 4.39 Å². The van der Waals surface area contributed by atoms with Gasteiger partial charge < -0.3 is 15.3 Å². The van der Waals surface area contributed by atoms with Crippen LogP contribution in [0.1, 0.15) is 26.3 Å². The van der Waals surface area contributed by atoms with Crippen molar-refractivity contribution < 1.29 is 9.50 Å². The number of halogens is 1. The number of fused-ring (bicyclic) bond motifs is 1. The molecule has 0 saturated heterocycles. The highest BCUT2D eigenvalue weighted by molar-refractivity contribution is 5.58. The van der Waals surface area contributed by atoms with E-state index in [1.807, 2.05) is 13.0 Å². The summed E-state index contributed by atoms with van der Waals surface area (Å²) >= 11 is 0. The molecule has 4 heteroatoms. The first-order valence-electron chi connectivity index (χ1n) is 6.86. The summed E-state index contributed by atoms with van der Waals surface area (Å²) in [5.41, 5.74) is 1.26. The predicted octanol–water partition coefficient (Wildman–Crippen LogP) is 1.94. The Hall–Kier alpha value is -1.13. The first kappa shape index (κ1) is 14.3. The number of rotatable bonds is 5. The van der Waals surface area contributed by atoms with E-state index in [2.05, 4.69) is 24.1 Å². The fraction of sp³-hybridized carbons (Fsp3) is 0.600. The maximum atomic E-state index is 13.3. The minimum Gasteiger partial charge on any atom is -0.387 e. The minimum atomic E-state index is -0.821. The lowest BCUT2D eigenvalue weighted by Crippen LogP contribution is -2.48.